The number of aliphatic hydroxyl groups excluding tert-OH is 1. The molecule has 104 valence electrons. The van der Waals surface area contributed by atoms with E-state index < -0.39 is 0 Å². The van der Waals surface area contributed by atoms with Crippen molar-refractivity contribution in [1.82, 2.24) is 5.32 Å². The molecule has 0 spiro atoms. The zero-order valence-corrected chi connectivity index (χ0v) is 11.8. The van der Waals surface area contributed by atoms with Crippen LogP contribution < -0.4 is 10.1 Å². The first kappa shape index (κ1) is 14.2. The first-order valence-corrected chi connectivity index (χ1v) is 6.64. The normalized spacial score (nSPS) is 24.4. The minimum atomic E-state index is -0.359. The first-order chi connectivity index (χ1) is 8.91. The summed E-state index contributed by atoms with van der Waals surface area (Å²) >= 11 is 5.93. The average Bonchev–Trinajstić information content (AvgIpc) is 2.37. The zero-order valence-electron chi connectivity index (χ0n) is 11.0. The molecule has 1 aromatic carbocycles. The fourth-order valence-electron chi connectivity index (χ4n) is 2.09. The van der Waals surface area contributed by atoms with Crippen molar-refractivity contribution in [1.29, 1.82) is 0 Å². The summed E-state index contributed by atoms with van der Waals surface area (Å²) in [6, 6.07) is 7.01. The van der Waals surface area contributed by atoms with Gasteiger partial charge in [0.2, 0.25) is 0 Å². The number of benzene rings is 1. The number of aliphatic hydroxyl groups is 1. The number of para-hydroxylation sites is 1. The van der Waals surface area contributed by atoms with E-state index >= 15 is 0 Å². The first-order valence-electron chi connectivity index (χ1n) is 6.26. The van der Waals surface area contributed by atoms with Gasteiger partial charge in [0, 0.05) is 11.5 Å². The number of carbonyl (C=O) groups is 1. The average molecular weight is 284 g/mol. The quantitative estimate of drug-likeness (QED) is 0.888. The van der Waals surface area contributed by atoms with Gasteiger partial charge in [-0.2, -0.15) is 0 Å². The fraction of sp³-hybridized carbons (Fsp3) is 0.500. The molecular formula is C14H18ClNO3. The van der Waals surface area contributed by atoms with Gasteiger partial charge in [0.15, 0.2) is 6.61 Å². The van der Waals surface area contributed by atoms with E-state index in [1.807, 2.05) is 13.8 Å². The monoisotopic (exact) mass is 283 g/mol. The fourth-order valence-corrected chi connectivity index (χ4v) is 2.28. The zero-order chi connectivity index (χ0) is 14.0. The second-order valence-corrected chi connectivity index (χ2v) is 5.82. The largest absolute Gasteiger partial charge is 0.482 e. The molecule has 0 bridgehead atoms. The van der Waals surface area contributed by atoms with E-state index in [-0.39, 0.29) is 30.1 Å². The van der Waals surface area contributed by atoms with Crippen LogP contribution in [0.2, 0.25) is 5.02 Å². The smallest absolute Gasteiger partial charge is 0.258 e. The third-order valence-corrected chi connectivity index (χ3v) is 4.06. The second-order valence-electron chi connectivity index (χ2n) is 5.41. The Morgan fingerprint density at radius 3 is 2.79 bits per heavy atom. The Bertz CT molecular complexity index is 476. The Hall–Kier alpha value is -1.26. The maximum atomic E-state index is 11.8. The molecule has 2 rings (SSSR count). The molecule has 2 atom stereocenters. The Morgan fingerprint density at radius 1 is 1.53 bits per heavy atom. The summed E-state index contributed by atoms with van der Waals surface area (Å²) in [5.41, 5.74) is -0.278. The summed E-state index contributed by atoms with van der Waals surface area (Å²) in [5, 5.41) is 12.9. The number of halogens is 1. The molecule has 4 nitrogen and oxygen atoms in total. The molecule has 2 N–H and O–H groups in total. The predicted octanol–water partition coefficient (Wildman–Crippen LogP) is 1.99. The Balaban J connectivity index is 1.82. The van der Waals surface area contributed by atoms with Gasteiger partial charge in [-0.25, -0.2) is 0 Å². The molecule has 2 unspecified atom stereocenters. The summed E-state index contributed by atoms with van der Waals surface area (Å²) < 4.78 is 5.36. The van der Waals surface area contributed by atoms with Crippen LogP contribution in [-0.2, 0) is 4.79 Å². The van der Waals surface area contributed by atoms with Gasteiger partial charge in [-0.15, -0.1) is 0 Å². The van der Waals surface area contributed by atoms with E-state index in [0.717, 1.165) is 0 Å². The van der Waals surface area contributed by atoms with Crippen molar-refractivity contribution in [2.45, 2.75) is 32.4 Å². The molecule has 5 heteroatoms. The van der Waals surface area contributed by atoms with Crippen molar-refractivity contribution in [3.05, 3.63) is 29.3 Å². The molecule has 1 aliphatic carbocycles. The van der Waals surface area contributed by atoms with E-state index in [2.05, 4.69) is 5.32 Å². The number of ether oxygens (including phenoxy) is 1. The van der Waals surface area contributed by atoms with Crippen LogP contribution in [0.5, 0.6) is 5.75 Å². The predicted molar refractivity (Wildman–Crippen MR) is 73.3 cm³/mol. The van der Waals surface area contributed by atoms with Crippen LogP contribution in [-0.4, -0.2) is 29.8 Å². The van der Waals surface area contributed by atoms with Gasteiger partial charge in [-0.1, -0.05) is 37.6 Å². The van der Waals surface area contributed by atoms with Crippen molar-refractivity contribution < 1.29 is 14.6 Å². The Morgan fingerprint density at radius 2 is 2.21 bits per heavy atom. The topological polar surface area (TPSA) is 58.6 Å². The highest BCUT2D eigenvalue weighted by Gasteiger charge is 2.47. The highest BCUT2D eigenvalue weighted by molar-refractivity contribution is 6.32. The Labute approximate surface area is 117 Å². The van der Waals surface area contributed by atoms with Crippen molar-refractivity contribution in [3.8, 4) is 5.75 Å². The summed E-state index contributed by atoms with van der Waals surface area (Å²) in [4.78, 5) is 11.8. The van der Waals surface area contributed by atoms with Gasteiger partial charge >= 0.3 is 0 Å². The lowest BCUT2D eigenvalue weighted by Crippen LogP contribution is -2.61. The van der Waals surface area contributed by atoms with Crippen LogP contribution in [0.15, 0.2) is 24.3 Å². The number of hydrogen-bond acceptors (Lipinski definition) is 3. The van der Waals surface area contributed by atoms with Gasteiger partial charge in [0.05, 0.1) is 11.1 Å². The lowest BCUT2D eigenvalue weighted by atomic mass is 9.64. The lowest BCUT2D eigenvalue weighted by Gasteiger charge is -2.49. The van der Waals surface area contributed by atoms with Gasteiger partial charge in [-0.3, -0.25) is 4.79 Å². The molecule has 19 heavy (non-hydrogen) atoms. The molecule has 0 aliphatic heterocycles. The number of rotatable bonds is 4. The number of amides is 1. The molecular weight excluding hydrogens is 266 g/mol. The van der Waals surface area contributed by atoms with Crippen LogP contribution in [0.4, 0.5) is 0 Å². The third-order valence-electron chi connectivity index (χ3n) is 3.75. The summed E-state index contributed by atoms with van der Waals surface area (Å²) in [7, 11) is 0. The highest BCUT2D eigenvalue weighted by atomic mass is 35.5. The van der Waals surface area contributed by atoms with Crippen LogP contribution in [0, 0.1) is 5.41 Å². The van der Waals surface area contributed by atoms with Crippen LogP contribution >= 0.6 is 11.6 Å². The molecule has 1 aliphatic rings. The van der Waals surface area contributed by atoms with Crippen molar-refractivity contribution >= 4 is 17.5 Å². The summed E-state index contributed by atoms with van der Waals surface area (Å²) in [5.74, 6) is 0.289. The van der Waals surface area contributed by atoms with Gasteiger partial charge < -0.3 is 15.2 Å². The maximum absolute atomic E-state index is 11.8. The molecule has 1 amide bonds. The highest BCUT2D eigenvalue weighted by Crippen LogP contribution is 2.40. The third kappa shape index (κ3) is 3.01. The molecule has 0 heterocycles. The minimum Gasteiger partial charge on any atom is -0.482 e. The maximum Gasteiger partial charge on any atom is 0.258 e. The lowest BCUT2D eigenvalue weighted by molar-refractivity contribution is -0.131. The summed E-state index contributed by atoms with van der Waals surface area (Å²) in [6.07, 6.45) is 0.229. The molecule has 0 aromatic heterocycles. The van der Waals surface area contributed by atoms with Crippen molar-refractivity contribution in [2.75, 3.05) is 6.61 Å². The van der Waals surface area contributed by atoms with Crippen LogP contribution in [0.1, 0.15) is 20.3 Å². The SMILES string of the molecule is CC1(C)C(O)CC1NC(=O)COc1ccccc1Cl. The molecule has 1 fully saturated rings. The molecule has 1 aromatic rings. The van der Waals surface area contributed by atoms with E-state index in [1.54, 1.807) is 24.3 Å². The van der Waals surface area contributed by atoms with E-state index in [4.69, 9.17) is 16.3 Å². The second kappa shape index (κ2) is 5.39. The molecule has 0 radical (unpaired) electrons. The molecule has 0 saturated heterocycles. The van der Waals surface area contributed by atoms with Crippen molar-refractivity contribution in [2.24, 2.45) is 5.41 Å². The van der Waals surface area contributed by atoms with Crippen LogP contribution in [0.3, 0.4) is 0 Å². The van der Waals surface area contributed by atoms with Crippen molar-refractivity contribution in [3.63, 3.8) is 0 Å². The van der Waals surface area contributed by atoms with E-state index in [0.29, 0.717) is 17.2 Å². The summed E-state index contributed by atoms with van der Waals surface area (Å²) in [6.45, 7) is 3.79. The van der Waals surface area contributed by atoms with Gasteiger partial charge in [0.1, 0.15) is 5.75 Å². The van der Waals surface area contributed by atoms with E-state index in [1.165, 1.54) is 0 Å². The van der Waals surface area contributed by atoms with Gasteiger partial charge in [0.25, 0.3) is 5.91 Å². The standard InChI is InChI=1S/C14H18ClNO3/c1-14(2)11(7-12(14)17)16-13(18)8-19-10-6-4-3-5-9(10)15/h3-6,11-12,17H,7-8H2,1-2H3,(H,16,18). The number of hydrogen-bond donors (Lipinski definition) is 2. The minimum absolute atomic E-state index is 0.00940. The molecule has 1 saturated carbocycles. The number of nitrogens with one attached hydrogen (secondary N) is 1. The van der Waals surface area contributed by atoms with Gasteiger partial charge in [-0.05, 0) is 18.6 Å². The Kier molecular flexibility index (Phi) is 4.02. The van der Waals surface area contributed by atoms with E-state index in [9.17, 15) is 9.90 Å². The van der Waals surface area contributed by atoms with Crippen LogP contribution in [0.25, 0.3) is 0 Å². The number of carbonyl (C=O) groups excluding carboxylic acids is 1.